The van der Waals surface area contributed by atoms with Gasteiger partial charge in [0.15, 0.2) is 0 Å². The normalized spacial score (nSPS) is 35.1. The summed E-state index contributed by atoms with van der Waals surface area (Å²) in [5.74, 6) is 1.67. The van der Waals surface area contributed by atoms with E-state index < -0.39 is 0 Å². The van der Waals surface area contributed by atoms with Crippen molar-refractivity contribution in [1.82, 2.24) is 0 Å². The van der Waals surface area contributed by atoms with Crippen LogP contribution in [0.25, 0.3) is 0 Å². The number of fused-ring (bicyclic) bond motifs is 1. The van der Waals surface area contributed by atoms with Crippen LogP contribution in [-0.2, 0) is 0 Å². The zero-order chi connectivity index (χ0) is 12.8. The quantitative estimate of drug-likeness (QED) is 0.767. The van der Waals surface area contributed by atoms with E-state index in [-0.39, 0.29) is 11.6 Å². The highest BCUT2D eigenvalue weighted by Gasteiger charge is 2.42. The molecule has 0 saturated heterocycles. The second kappa shape index (κ2) is 4.43. The Bertz CT molecular complexity index is 462. The molecule has 2 unspecified atom stereocenters. The Morgan fingerprint density at radius 3 is 3.00 bits per heavy atom. The van der Waals surface area contributed by atoms with Crippen LogP contribution in [0, 0.1) is 5.92 Å². The number of benzene rings is 1. The van der Waals surface area contributed by atoms with Gasteiger partial charge in [0.05, 0.1) is 0 Å². The molecule has 0 radical (unpaired) electrons. The topological polar surface area (TPSA) is 35.2 Å². The van der Waals surface area contributed by atoms with Crippen molar-refractivity contribution in [1.29, 1.82) is 0 Å². The molecule has 1 aliphatic carbocycles. The average molecular weight is 266 g/mol. The van der Waals surface area contributed by atoms with Crippen LogP contribution in [0.3, 0.4) is 0 Å². The highest BCUT2D eigenvalue weighted by atomic mass is 35.5. The van der Waals surface area contributed by atoms with Crippen LogP contribution in [0.4, 0.5) is 0 Å². The van der Waals surface area contributed by atoms with Crippen molar-refractivity contribution in [3.8, 4) is 5.75 Å². The monoisotopic (exact) mass is 265 g/mol. The molecule has 1 heterocycles. The van der Waals surface area contributed by atoms with Crippen molar-refractivity contribution in [2.24, 2.45) is 11.7 Å². The molecule has 0 aromatic heterocycles. The third kappa shape index (κ3) is 2.12. The van der Waals surface area contributed by atoms with E-state index in [0.29, 0.717) is 0 Å². The van der Waals surface area contributed by atoms with Crippen LogP contribution >= 0.6 is 11.6 Å². The minimum Gasteiger partial charge on any atom is -0.487 e. The zero-order valence-electron chi connectivity index (χ0n) is 10.8. The molecule has 2 N–H and O–H groups in total. The molecule has 1 aromatic rings. The summed E-state index contributed by atoms with van der Waals surface area (Å²) in [6.07, 6.45) is 5.74. The summed E-state index contributed by atoms with van der Waals surface area (Å²) in [7, 11) is 0. The van der Waals surface area contributed by atoms with E-state index >= 15 is 0 Å². The first-order chi connectivity index (χ1) is 8.58. The van der Waals surface area contributed by atoms with E-state index in [0.717, 1.165) is 41.5 Å². The molecule has 0 amide bonds. The number of rotatable bonds is 0. The molecule has 2 aliphatic rings. The Morgan fingerprint density at radius 2 is 2.22 bits per heavy atom. The predicted molar refractivity (Wildman–Crippen MR) is 74.0 cm³/mol. The Labute approximate surface area is 113 Å². The molecule has 3 atom stereocenters. The fourth-order valence-corrected chi connectivity index (χ4v) is 3.76. The summed E-state index contributed by atoms with van der Waals surface area (Å²) in [5.41, 5.74) is 7.36. The Morgan fingerprint density at radius 1 is 1.39 bits per heavy atom. The number of hydrogen-bond donors (Lipinski definition) is 1. The van der Waals surface area contributed by atoms with Crippen molar-refractivity contribution in [3.05, 3.63) is 28.8 Å². The molecule has 1 spiro atoms. The molecular formula is C15H20ClNO. The van der Waals surface area contributed by atoms with E-state index in [1.165, 1.54) is 12.8 Å². The molecule has 98 valence electrons. The summed E-state index contributed by atoms with van der Waals surface area (Å²) in [6, 6.07) is 5.86. The van der Waals surface area contributed by atoms with Gasteiger partial charge in [-0.3, -0.25) is 0 Å². The summed E-state index contributed by atoms with van der Waals surface area (Å²) < 4.78 is 6.32. The first-order valence-corrected chi connectivity index (χ1v) is 7.20. The van der Waals surface area contributed by atoms with E-state index in [9.17, 15) is 0 Å². The van der Waals surface area contributed by atoms with Gasteiger partial charge in [0.1, 0.15) is 11.4 Å². The minimum atomic E-state index is -0.0298. The third-order valence-corrected chi connectivity index (χ3v) is 4.57. The Balaban J connectivity index is 1.93. The summed E-state index contributed by atoms with van der Waals surface area (Å²) in [4.78, 5) is 0. The summed E-state index contributed by atoms with van der Waals surface area (Å²) in [6.45, 7) is 2.31. The van der Waals surface area contributed by atoms with E-state index in [1.807, 2.05) is 18.2 Å². The fraction of sp³-hybridized carbons (Fsp3) is 0.600. The van der Waals surface area contributed by atoms with Gasteiger partial charge in [-0.1, -0.05) is 24.9 Å². The van der Waals surface area contributed by atoms with E-state index in [2.05, 4.69) is 6.92 Å². The Kier molecular flexibility index (Phi) is 3.03. The van der Waals surface area contributed by atoms with Crippen molar-refractivity contribution >= 4 is 11.6 Å². The smallest absolute Gasteiger partial charge is 0.125 e. The van der Waals surface area contributed by atoms with E-state index in [1.54, 1.807) is 0 Å². The van der Waals surface area contributed by atoms with Crippen molar-refractivity contribution in [3.63, 3.8) is 0 Å². The molecule has 1 aliphatic heterocycles. The number of nitrogens with two attached hydrogens (primary N) is 1. The first-order valence-electron chi connectivity index (χ1n) is 6.82. The SMILES string of the molecule is CC1CCCC2(C1)C[C@H](N)c1cc(Cl)ccc1O2. The standard InChI is InChI=1S/C15H20ClNO/c1-10-3-2-6-15(8-10)9-13(17)12-7-11(16)4-5-14(12)18-15/h4-5,7,10,13H,2-3,6,8-9,17H2,1H3/t10?,13-,15?/m0/s1. The Hall–Kier alpha value is -0.730. The number of ether oxygens (including phenoxy) is 1. The van der Waals surface area contributed by atoms with Gasteiger partial charge in [0.25, 0.3) is 0 Å². The molecule has 18 heavy (non-hydrogen) atoms. The van der Waals surface area contributed by atoms with Crippen LogP contribution < -0.4 is 10.5 Å². The molecule has 1 aromatic carbocycles. The molecule has 2 nitrogen and oxygen atoms in total. The van der Waals surface area contributed by atoms with Crippen LogP contribution in [0.2, 0.25) is 5.02 Å². The van der Waals surface area contributed by atoms with Gasteiger partial charge >= 0.3 is 0 Å². The zero-order valence-corrected chi connectivity index (χ0v) is 11.5. The number of halogens is 1. The maximum absolute atomic E-state index is 6.33. The van der Waals surface area contributed by atoms with Gasteiger partial charge in [-0.05, 0) is 43.4 Å². The van der Waals surface area contributed by atoms with Crippen LogP contribution in [0.1, 0.15) is 50.6 Å². The third-order valence-electron chi connectivity index (χ3n) is 4.34. The second-order valence-electron chi connectivity index (χ2n) is 5.98. The fourth-order valence-electron chi connectivity index (χ4n) is 3.58. The summed E-state index contributed by atoms with van der Waals surface area (Å²) >= 11 is 6.03. The van der Waals surface area contributed by atoms with Gasteiger partial charge in [-0.25, -0.2) is 0 Å². The second-order valence-corrected chi connectivity index (χ2v) is 6.42. The lowest BCUT2D eigenvalue weighted by atomic mass is 9.73. The maximum atomic E-state index is 6.33. The largest absolute Gasteiger partial charge is 0.487 e. The summed E-state index contributed by atoms with van der Waals surface area (Å²) in [5, 5.41) is 0.737. The maximum Gasteiger partial charge on any atom is 0.125 e. The molecule has 0 bridgehead atoms. The van der Waals surface area contributed by atoms with Crippen molar-refractivity contribution in [2.75, 3.05) is 0 Å². The van der Waals surface area contributed by atoms with Crippen LogP contribution in [0.15, 0.2) is 18.2 Å². The molecule has 3 rings (SSSR count). The number of hydrogen-bond acceptors (Lipinski definition) is 2. The predicted octanol–water partition coefficient (Wildman–Crippen LogP) is 4.07. The molecule has 3 heteroatoms. The molecule has 1 saturated carbocycles. The van der Waals surface area contributed by atoms with Crippen molar-refractivity contribution in [2.45, 2.75) is 50.7 Å². The van der Waals surface area contributed by atoms with Gasteiger partial charge in [-0.15, -0.1) is 0 Å². The van der Waals surface area contributed by atoms with Gasteiger partial charge < -0.3 is 10.5 Å². The van der Waals surface area contributed by atoms with Gasteiger partial charge in [0, 0.05) is 23.0 Å². The first kappa shape index (κ1) is 12.3. The lowest BCUT2D eigenvalue weighted by Gasteiger charge is -2.45. The van der Waals surface area contributed by atoms with Crippen LogP contribution in [0.5, 0.6) is 5.75 Å². The minimum absolute atomic E-state index is 0.0298. The molecule has 1 fully saturated rings. The highest BCUT2D eigenvalue weighted by Crippen LogP contribution is 2.47. The van der Waals surface area contributed by atoms with Gasteiger partial charge in [-0.2, -0.15) is 0 Å². The highest BCUT2D eigenvalue weighted by molar-refractivity contribution is 6.30. The molecular weight excluding hydrogens is 246 g/mol. The lowest BCUT2D eigenvalue weighted by molar-refractivity contribution is -0.0139. The van der Waals surface area contributed by atoms with Crippen molar-refractivity contribution < 1.29 is 4.74 Å². The van der Waals surface area contributed by atoms with E-state index in [4.69, 9.17) is 22.1 Å². The van der Waals surface area contributed by atoms with Crippen LogP contribution in [-0.4, -0.2) is 5.60 Å². The average Bonchev–Trinajstić information content (AvgIpc) is 2.30. The lowest BCUT2D eigenvalue weighted by Crippen LogP contribution is -2.46. The van der Waals surface area contributed by atoms with Gasteiger partial charge in [0.2, 0.25) is 0 Å².